The van der Waals surface area contributed by atoms with Crippen molar-refractivity contribution in [2.24, 2.45) is 9.98 Å². The van der Waals surface area contributed by atoms with Gasteiger partial charge in [0.2, 0.25) is 0 Å². The third-order valence-corrected chi connectivity index (χ3v) is 5.41. The maximum Gasteiger partial charge on any atom is 0.138 e. The van der Waals surface area contributed by atoms with E-state index >= 15 is 0 Å². The second-order valence-electron chi connectivity index (χ2n) is 7.35. The average Bonchev–Trinajstić information content (AvgIpc) is 3.32. The average molecular weight is 374 g/mol. The van der Waals surface area contributed by atoms with Crippen LogP contribution in [0.15, 0.2) is 64.4 Å². The molecule has 2 atom stereocenters. The molecule has 0 N–H and O–H groups in total. The van der Waals surface area contributed by atoms with Gasteiger partial charge >= 0.3 is 0 Å². The highest BCUT2D eigenvalue weighted by molar-refractivity contribution is 6.03. The molecule has 2 aliphatic rings. The molecule has 1 unspecified atom stereocenters. The van der Waals surface area contributed by atoms with Gasteiger partial charge in [-0.1, -0.05) is 18.2 Å². The van der Waals surface area contributed by atoms with E-state index in [0.717, 1.165) is 48.3 Å². The maximum absolute atomic E-state index is 6.34. The normalized spacial score (nSPS) is 24.7. The van der Waals surface area contributed by atoms with E-state index in [1.54, 1.807) is 13.2 Å². The molecule has 2 aliphatic heterocycles. The summed E-state index contributed by atoms with van der Waals surface area (Å²) in [5.74, 6) is 0.897. The number of nitrogens with zero attached hydrogens (tertiary/aromatic N) is 4. The molecule has 1 fully saturated rings. The molecule has 4 rings (SSSR count). The van der Waals surface area contributed by atoms with E-state index in [9.17, 15) is 0 Å². The number of ether oxygens (including phenoxy) is 1. The Morgan fingerprint density at radius 3 is 2.96 bits per heavy atom. The summed E-state index contributed by atoms with van der Waals surface area (Å²) in [6.45, 7) is 5.57. The highest BCUT2D eigenvalue weighted by Crippen LogP contribution is 2.30. The second kappa shape index (κ2) is 8.07. The Labute approximate surface area is 166 Å². The lowest BCUT2D eigenvalue weighted by atomic mass is 10.0. The van der Waals surface area contributed by atoms with Crippen LogP contribution in [0.5, 0.6) is 0 Å². The van der Waals surface area contributed by atoms with Crippen molar-refractivity contribution in [3.63, 3.8) is 0 Å². The van der Waals surface area contributed by atoms with Crippen molar-refractivity contribution < 1.29 is 4.74 Å². The predicted molar refractivity (Wildman–Crippen MR) is 115 cm³/mol. The van der Waals surface area contributed by atoms with Crippen LogP contribution in [0.4, 0.5) is 0 Å². The molecule has 0 spiro atoms. The van der Waals surface area contributed by atoms with Gasteiger partial charge in [0.05, 0.1) is 11.6 Å². The van der Waals surface area contributed by atoms with E-state index in [1.807, 2.05) is 19.2 Å². The zero-order valence-electron chi connectivity index (χ0n) is 16.5. The van der Waals surface area contributed by atoms with Crippen molar-refractivity contribution in [2.45, 2.75) is 44.9 Å². The molecule has 0 radical (unpaired) electrons. The summed E-state index contributed by atoms with van der Waals surface area (Å²) >= 11 is 0. The summed E-state index contributed by atoms with van der Waals surface area (Å²) in [5.41, 5.74) is 4.42. The maximum atomic E-state index is 6.34. The quantitative estimate of drug-likeness (QED) is 0.728. The third-order valence-electron chi connectivity index (χ3n) is 5.41. The van der Waals surface area contributed by atoms with Crippen LogP contribution in [0, 0.1) is 6.92 Å². The first-order valence-corrected chi connectivity index (χ1v) is 9.79. The molecule has 1 aromatic carbocycles. The molecule has 0 saturated carbocycles. The van der Waals surface area contributed by atoms with E-state index in [-0.39, 0.29) is 12.3 Å². The minimum absolute atomic E-state index is 0.0385. The molecule has 0 aliphatic carbocycles. The monoisotopic (exact) mass is 374 g/mol. The number of benzene rings is 1. The molecule has 28 heavy (non-hydrogen) atoms. The Bertz CT molecular complexity index is 976. The van der Waals surface area contributed by atoms with Crippen LogP contribution in [0.3, 0.4) is 0 Å². The summed E-state index contributed by atoms with van der Waals surface area (Å²) in [7, 11) is 1.80. The van der Waals surface area contributed by atoms with Crippen molar-refractivity contribution in [3.05, 3.63) is 65.6 Å². The molecule has 2 aromatic rings. The molecular formula is C23H26N4O. The van der Waals surface area contributed by atoms with Crippen molar-refractivity contribution in [2.75, 3.05) is 7.05 Å². The van der Waals surface area contributed by atoms with Crippen molar-refractivity contribution in [1.82, 2.24) is 9.88 Å². The van der Waals surface area contributed by atoms with Gasteiger partial charge in [-0.05, 0) is 63.1 Å². The predicted octanol–water partition coefficient (Wildman–Crippen LogP) is 4.42. The molecule has 0 bridgehead atoms. The number of aliphatic imine (C=N–C) groups is 2. The lowest BCUT2D eigenvalue weighted by Crippen LogP contribution is -2.34. The van der Waals surface area contributed by atoms with Gasteiger partial charge in [0.1, 0.15) is 12.1 Å². The molecule has 5 heteroatoms. The number of amidine groups is 1. The molecule has 144 valence electrons. The van der Waals surface area contributed by atoms with Crippen LogP contribution in [0.1, 0.15) is 30.5 Å². The number of pyridine rings is 1. The van der Waals surface area contributed by atoms with Crippen LogP contribution in [0.2, 0.25) is 0 Å². The van der Waals surface area contributed by atoms with E-state index in [1.165, 1.54) is 10.9 Å². The van der Waals surface area contributed by atoms with Gasteiger partial charge in [0.15, 0.2) is 0 Å². The molecule has 3 heterocycles. The molecule has 1 aromatic heterocycles. The number of hydrogen-bond donors (Lipinski definition) is 0. The second-order valence-corrected chi connectivity index (χ2v) is 7.35. The minimum atomic E-state index is 0.0385. The number of fused-ring (bicyclic) bond motifs is 1. The van der Waals surface area contributed by atoms with E-state index in [2.05, 4.69) is 56.9 Å². The Hall–Kier alpha value is -2.79. The minimum Gasteiger partial charge on any atom is -0.355 e. The molecule has 1 saturated heterocycles. The summed E-state index contributed by atoms with van der Waals surface area (Å²) in [6, 6.07) is 10.8. The van der Waals surface area contributed by atoms with Gasteiger partial charge in [-0.25, -0.2) is 0 Å². The topological polar surface area (TPSA) is 50.1 Å². The Morgan fingerprint density at radius 2 is 2.14 bits per heavy atom. The van der Waals surface area contributed by atoms with E-state index in [0.29, 0.717) is 0 Å². The summed E-state index contributed by atoms with van der Waals surface area (Å²) in [4.78, 5) is 15.0. The lowest BCUT2D eigenvalue weighted by molar-refractivity contribution is -0.00885. The Morgan fingerprint density at radius 1 is 1.29 bits per heavy atom. The van der Waals surface area contributed by atoms with Crippen LogP contribution in [-0.4, -0.2) is 41.8 Å². The Kier molecular flexibility index (Phi) is 5.35. The first-order chi connectivity index (χ1) is 13.7. The third kappa shape index (κ3) is 3.76. The van der Waals surface area contributed by atoms with Crippen LogP contribution < -0.4 is 0 Å². The van der Waals surface area contributed by atoms with Gasteiger partial charge in [-0.15, -0.1) is 0 Å². The molecule has 5 nitrogen and oxygen atoms in total. The Balaban J connectivity index is 1.37. The van der Waals surface area contributed by atoms with Crippen LogP contribution >= 0.6 is 0 Å². The fraction of sp³-hybridized carbons (Fsp3) is 0.348. The first-order valence-electron chi connectivity index (χ1n) is 9.79. The summed E-state index contributed by atoms with van der Waals surface area (Å²) in [6.07, 6.45) is 10.2. The van der Waals surface area contributed by atoms with E-state index < -0.39 is 0 Å². The van der Waals surface area contributed by atoms with Gasteiger partial charge in [0, 0.05) is 36.1 Å². The zero-order valence-corrected chi connectivity index (χ0v) is 16.5. The number of aryl methyl sites for hydroxylation is 2. The van der Waals surface area contributed by atoms with Gasteiger partial charge in [0.25, 0.3) is 0 Å². The smallest absolute Gasteiger partial charge is 0.138 e. The van der Waals surface area contributed by atoms with Crippen molar-refractivity contribution >= 4 is 23.5 Å². The number of rotatable bonds is 5. The van der Waals surface area contributed by atoms with E-state index in [4.69, 9.17) is 4.74 Å². The van der Waals surface area contributed by atoms with Crippen LogP contribution in [0.25, 0.3) is 10.9 Å². The zero-order chi connectivity index (χ0) is 19.5. The summed E-state index contributed by atoms with van der Waals surface area (Å²) < 4.78 is 6.34. The summed E-state index contributed by atoms with van der Waals surface area (Å²) in [5, 5.41) is 1.19. The van der Waals surface area contributed by atoms with Gasteiger partial charge in [-0.2, -0.15) is 0 Å². The highest BCUT2D eigenvalue weighted by atomic mass is 16.5. The van der Waals surface area contributed by atoms with Crippen molar-refractivity contribution in [3.8, 4) is 0 Å². The molecular weight excluding hydrogens is 348 g/mol. The lowest BCUT2D eigenvalue weighted by Gasteiger charge is -2.25. The van der Waals surface area contributed by atoms with Gasteiger partial charge in [-0.3, -0.25) is 15.0 Å². The standard InChI is InChI=1S/C23H26N4O/c1-16-4-7-18-8-5-17(14-21(18)26-16)6-9-20-10-11-22(28-20)27-13-12-19(15-24-2)23(27)25-3/h4-5,7-8,12-15,20,22H,2,6,9-11H2,1,3H3/b19-15-,25-23?/t20-,22?/m1/s1. The number of aromatic nitrogens is 1. The van der Waals surface area contributed by atoms with Gasteiger partial charge < -0.3 is 9.64 Å². The molecule has 0 amide bonds. The highest BCUT2D eigenvalue weighted by Gasteiger charge is 2.33. The van der Waals surface area contributed by atoms with Crippen LogP contribution in [-0.2, 0) is 11.2 Å². The first kappa shape index (κ1) is 18.6. The largest absolute Gasteiger partial charge is 0.355 e. The number of hydrogen-bond acceptors (Lipinski definition) is 4. The fourth-order valence-electron chi connectivity index (χ4n) is 3.98. The van der Waals surface area contributed by atoms with Crippen molar-refractivity contribution in [1.29, 1.82) is 0 Å². The fourth-order valence-corrected chi connectivity index (χ4v) is 3.98. The SMILES string of the molecule is C=N/C=C1/C=CN(C2CC[C@@H](CCc3ccc4ccc(C)nc4c3)O2)C1=NC.